The Labute approximate surface area is 178 Å². The first kappa shape index (κ1) is 20.3. The second-order valence-electron chi connectivity index (χ2n) is 7.06. The Morgan fingerprint density at radius 1 is 1.17 bits per heavy atom. The van der Waals surface area contributed by atoms with Gasteiger partial charge in [0.05, 0.1) is 12.2 Å². The number of hydrogen-bond acceptors (Lipinski definition) is 4. The van der Waals surface area contributed by atoms with E-state index < -0.39 is 11.6 Å². The van der Waals surface area contributed by atoms with E-state index in [-0.39, 0.29) is 11.7 Å². The minimum Gasteiger partial charge on any atom is -0.365 e. The third kappa shape index (κ3) is 4.59. The van der Waals surface area contributed by atoms with Crippen LogP contribution in [0.2, 0.25) is 0 Å². The van der Waals surface area contributed by atoms with Crippen molar-refractivity contribution in [2.45, 2.75) is 19.0 Å². The smallest absolute Gasteiger partial charge is 0.191 e. The summed E-state index contributed by atoms with van der Waals surface area (Å²) in [5.74, 6) is -0.417. The molecule has 0 radical (unpaired) electrons. The van der Waals surface area contributed by atoms with Crippen molar-refractivity contribution in [1.29, 1.82) is 0 Å². The van der Waals surface area contributed by atoms with Crippen LogP contribution < -0.4 is 15.5 Å². The Balaban J connectivity index is 1.32. The fourth-order valence-corrected chi connectivity index (χ4v) is 4.30. The van der Waals surface area contributed by atoms with Crippen molar-refractivity contribution in [3.63, 3.8) is 0 Å². The van der Waals surface area contributed by atoms with Gasteiger partial charge < -0.3 is 15.5 Å². The fraction of sp³-hybridized carbons (Fsp3) is 0.273. The van der Waals surface area contributed by atoms with Crippen LogP contribution in [0, 0.1) is 11.6 Å². The van der Waals surface area contributed by atoms with E-state index in [4.69, 9.17) is 0 Å². The SMILES string of the molecule is CN=C(NCc1nc(-c2ccccc2)cs1)NC1CCN(c2c(F)cccc2F)C1. The van der Waals surface area contributed by atoms with Crippen LogP contribution in [0.15, 0.2) is 58.9 Å². The number of aliphatic imine (C=N–C) groups is 1. The lowest BCUT2D eigenvalue weighted by Gasteiger charge is -2.21. The van der Waals surface area contributed by atoms with Crippen LogP contribution in [0.4, 0.5) is 14.5 Å². The van der Waals surface area contributed by atoms with Crippen molar-refractivity contribution in [3.05, 3.63) is 70.6 Å². The molecule has 0 bridgehead atoms. The highest BCUT2D eigenvalue weighted by atomic mass is 32.1. The number of thiazole rings is 1. The van der Waals surface area contributed by atoms with Crippen LogP contribution in [0.3, 0.4) is 0 Å². The van der Waals surface area contributed by atoms with E-state index in [2.05, 4.69) is 20.6 Å². The van der Waals surface area contributed by atoms with Crippen molar-refractivity contribution in [1.82, 2.24) is 15.6 Å². The van der Waals surface area contributed by atoms with Crippen molar-refractivity contribution < 1.29 is 8.78 Å². The van der Waals surface area contributed by atoms with Crippen LogP contribution in [0.1, 0.15) is 11.4 Å². The Morgan fingerprint density at radius 2 is 1.93 bits per heavy atom. The third-order valence-corrected chi connectivity index (χ3v) is 5.88. The molecular weight excluding hydrogens is 404 g/mol. The summed E-state index contributed by atoms with van der Waals surface area (Å²) < 4.78 is 28.1. The van der Waals surface area contributed by atoms with E-state index in [1.54, 1.807) is 23.3 Å². The number of aromatic nitrogens is 1. The molecule has 2 aromatic carbocycles. The molecule has 1 unspecified atom stereocenters. The maximum absolute atomic E-state index is 14.0. The number of para-hydroxylation sites is 1. The number of nitrogens with zero attached hydrogens (tertiary/aromatic N) is 3. The molecule has 1 aliphatic heterocycles. The molecule has 2 N–H and O–H groups in total. The van der Waals surface area contributed by atoms with Gasteiger partial charge >= 0.3 is 0 Å². The number of guanidine groups is 1. The number of nitrogens with one attached hydrogen (secondary N) is 2. The first-order valence-corrected chi connectivity index (χ1v) is 10.7. The highest BCUT2D eigenvalue weighted by Gasteiger charge is 2.27. The van der Waals surface area contributed by atoms with Gasteiger partial charge in [-0.3, -0.25) is 4.99 Å². The first-order valence-electron chi connectivity index (χ1n) is 9.80. The zero-order valence-corrected chi connectivity index (χ0v) is 17.4. The molecule has 3 aromatic rings. The number of anilines is 1. The molecule has 1 fully saturated rings. The summed E-state index contributed by atoms with van der Waals surface area (Å²) in [6.45, 7) is 1.64. The zero-order chi connectivity index (χ0) is 20.9. The topological polar surface area (TPSA) is 52.6 Å². The summed E-state index contributed by atoms with van der Waals surface area (Å²) in [5, 5.41) is 9.62. The Hall–Kier alpha value is -3.00. The molecule has 5 nitrogen and oxygen atoms in total. The average molecular weight is 428 g/mol. The largest absolute Gasteiger partial charge is 0.365 e. The van der Waals surface area contributed by atoms with Crippen molar-refractivity contribution in [3.8, 4) is 11.3 Å². The van der Waals surface area contributed by atoms with Crippen LogP contribution in [-0.4, -0.2) is 37.1 Å². The summed E-state index contributed by atoms with van der Waals surface area (Å²) in [4.78, 5) is 10.7. The van der Waals surface area contributed by atoms with Gasteiger partial charge in [-0.05, 0) is 18.6 Å². The molecule has 8 heteroatoms. The van der Waals surface area contributed by atoms with Gasteiger partial charge in [-0.1, -0.05) is 36.4 Å². The Kier molecular flexibility index (Phi) is 6.23. The number of halogens is 2. The molecular formula is C22H23F2N5S. The second kappa shape index (κ2) is 9.21. The summed E-state index contributed by atoms with van der Waals surface area (Å²) in [6, 6.07) is 14.1. The quantitative estimate of drug-likeness (QED) is 0.477. The second-order valence-corrected chi connectivity index (χ2v) is 8.01. The van der Waals surface area contributed by atoms with Crippen molar-refractivity contribution >= 4 is 23.0 Å². The lowest BCUT2D eigenvalue weighted by molar-refractivity contribution is 0.576. The molecule has 1 aromatic heterocycles. The molecule has 0 saturated carbocycles. The van der Waals surface area contributed by atoms with Gasteiger partial charge in [0.2, 0.25) is 0 Å². The molecule has 30 heavy (non-hydrogen) atoms. The summed E-state index contributed by atoms with van der Waals surface area (Å²) in [7, 11) is 1.70. The van der Waals surface area contributed by atoms with Gasteiger partial charge in [-0.15, -0.1) is 11.3 Å². The van der Waals surface area contributed by atoms with Gasteiger partial charge in [-0.2, -0.15) is 0 Å². The van der Waals surface area contributed by atoms with Gasteiger partial charge in [0.1, 0.15) is 22.3 Å². The van der Waals surface area contributed by atoms with Crippen LogP contribution >= 0.6 is 11.3 Å². The Morgan fingerprint density at radius 3 is 2.67 bits per heavy atom. The van der Waals surface area contributed by atoms with Crippen LogP contribution in [-0.2, 0) is 6.54 Å². The first-order chi connectivity index (χ1) is 14.6. The molecule has 2 heterocycles. The maximum atomic E-state index is 14.0. The lowest BCUT2D eigenvalue weighted by atomic mass is 10.2. The average Bonchev–Trinajstić information content (AvgIpc) is 3.41. The molecule has 156 valence electrons. The van der Waals surface area contributed by atoms with E-state index in [9.17, 15) is 8.78 Å². The molecule has 1 saturated heterocycles. The molecule has 0 spiro atoms. The highest BCUT2D eigenvalue weighted by Crippen LogP contribution is 2.26. The predicted molar refractivity (Wildman–Crippen MR) is 118 cm³/mol. The molecule has 1 aliphatic rings. The monoisotopic (exact) mass is 427 g/mol. The number of rotatable bonds is 5. The third-order valence-electron chi connectivity index (χ3n) is 5.03. The van der Waals surface area contributed by atoms with E-state index in [0.717, 1.165) is 22.7 Å². The fourth-order valence-electron chi connectivity index (χ4n) is 3.55. The van der Waals surface area contributed by atoms with E-state index >= 15 is 0 Å². The minimum absolute atomic E-state index is 0.0426. The summed E-state index contributed by atoms with van der Waals surface area (Å²) in [6.07, 6.45) is 0.768. The van der Waals surface area contributed by atoms with Gasteiger partial charge in [0, 0.05) is 37.1 Å². The number of benzene rings is 2. The normalized spacial score (nSPS) is 16.7. The minimum atomic E-state index is -0.531. The molecule has 0 amide bonds. The summed E-state index contributed by atoms with van der Waals surface area (Å²) in [5.41, 5.74) is 2.09. The standard InChI is InChI=1S/C22H23F2N5S/c1-25-22(26-12-20-28-19(14-30-20)15-6-3-2-4-7-15)27-16-10-11-29(13-16)21-17(23)8-5-9-18(21)24/h2-9,14,16H,10-13H2,1H3,(H2,25,26,27). The summed E-state index contributed by atoms with van der Waals surface area (Å²) >= 11 is 1.59. The van der Waals surface area contributed by atoms with Crippen molar-refractivity contribution in [2.75, 3.05) is 25.0 Å². The number of hydrogen-bond donors (Lipinski definition) is 2. The van der Waals surface area contributed by atoms with E-state index in [0.29, 0.717) is 25.6 Å². The van der Waals surface area contributed by atoms with Gasteiger partial charge in [0.15, 0.2) is 5.96 Å². The van der Waals surface area contributed by atoms with E-state index in [1.165, 1.54) is 18.2 Å². The lowest BCUT2D eigenvalue weighted by Crippen LogP contribution is -2.44. The van der Waals surface area contributed by atoms with Crippen LogP contribution in [0.25, 0.3) is 11.3 Å². The van der Waals surface area contributed by atoms with Crippen molar-refractivity contribution in [2.24, 2.45) is 4.99 Å². The van der Waals surface area contributed by atoms with Crippen LogP contribution in [0.5, 0.6) is 0 Å². The highest BCUT2D eigenvalue weighted by molar-refractivity contribution is 7.09. The van der Waals surface area contributed by atoms with E-state index in [1.807, 2.05) is 35.7 Å². The van der Waals surface area contributed by atoms with Gasteiger partial charge in [0.25, 0.3) is 0 Å². The zero-order valence-electron chi connectivity index (χ0n) is 16.6. The molecule has 4 rings (SSSR count). The van der Waals surface area contributed by atoms with Gasteiger partial charge in [-0.25, -0.2) is 13.8 Å². The predicted octanol–water partition coefficient (Wildman–Crippen LogP) is 4.03. The molecule has 1 atom stereocenters. The molecule has 0 aliphatic carbocycles. The maximum Gasteiger partial charge on any atom is 0.191 e. The Bertz CT molecular complexity index is 1000.